The number of benzene rings is 1. The summed E-state index contributed by atoms with van der Waals surface area (Å²) in [5.74, 6) is -0.202. The molecule has 0 saturated carbocycles. The third-order valence-corrected chi connectivity index (χ3v) is 4.04. The number of hydrogen-bond donors (Lipinski definition) is 0. The van der Waals surface area contributed by atoms with Gasteiger partial charge in [-0.15, -0.1) is 0 Å². The molecule has 0 aliphatic carbocycles. The van der Waals surface area contributed by atoms with Crippen LogP contribution in [0.5, 0.6) is 0 Å². The van der Waals surface area contributed by atoms with Gasteiger partial charge in [0.05, 0.1) is 12.1 Å². The summed E-state index contributed by atoms with van der Waals surface area (Å²) in [4.78, 5) is 10.9. The Bertz CT molecular complexity index is 640. The highest BCUT2D eigenvalue weighted by atomic mass is 16.5. The van der Waals surface area contributed by atoms with E-state index in [2.05, 4.69) is 29.7 Å². The van der Waals surface area contributed by atoms with Crippen LogP contribution in [0, 0.1) is 6.92 Å². The summed E-state index contributed by atoms with van der Waals surface area (Å²) in [6.07, 6.45) is 3.19. The van der Waals surface area contributed by atoms with Crippen LogP contribution in [0.25, 0.3) is 10.9 Å². The Labute approximate surface area is 113 Å². The maximum atomic E-state index is 10.9. The summed E-state index contributed by atoms with van der Waals surface area (Å²) in [5, 5.41) is 1.34. The van der Waals surface area contributed by atoms with Crippen LogP contribution in [0.4, 0.5) is 0 Å². The summed E-state index contributed by atoms with van der Waals surface area (Å²) in [7, 11) is 0. The van der Waals surface area contributed by atoms with Crippen molar-refractivity contribution in [3.8, 4) is 0 Å². The van der Waals surface area contributed by atoms with Gasteiger partial charge in [-0.3, -0.25) is 4.79 Å². The summed E-state index contributed by atoms with van der Waals surface area (Å²) < 4.78 is 7.52. The molecule has 0 radical (unpaired) electrons. The molecule has 1 aliphatic rings. The molecule has 0 saturated heterocycles. The van der Waals surface area contributed by atoms with Gasteiger partial charge in [0.1, 0.15) is 0 Å². The van der Waals surface area contributed by atoms with Crippen LogP contribution >= 0.6 is 0 Å². The number of aromatic nitrogens is 1. The predicted molar refractivity (Wildman–Crippen MR) is 75.3 cm³/mol. The van der Waals surface area contributed by atoms with Crippen LogP contribution in [-0.2, 0) is 28.9 Å². The van der Waals surface area contributed by atoms with E-state index in [1.54, 1.807) is 0 Å². The van der Waals surface area contributed by atoms with Crippen molar-refractivity contribution in [3.05, 3.63) is 35.0 Å². The first kappa shape index (κ1) is 12.3. The fourth-order valence-electron chi connectivity index (χ4n) is 3.20. The molecule has 19 heavy (non-hydrogen) atoms. The van der Waals surface area contributed by atoms with Crippen molar-refractivity contribution >= 4 is 16.9 Å². The fraction of sp³-hybridized carbons (Fsp3) is 0.438. The molecule has 1 aliphatic heterocycles. The first-order valence-electron chi connectivity index (χ1n) is 6.91. The Morgan fingerprint density at radius 3 is 3.05 bits per heavy atom. The predicted octanol–water partition coefficient (Wildman–Crippen LogP) is 3.00. The van der Waals surface area contributed by atoms with E-state index in [0.717, 1.165) is 13.0 Å². The number of hydrogen-bond acceptors (Lipinski definition) is 2. The van der Waals surface area contributed by atoms with Crippen LogP contribution in [0.2, 0.25) is 0 Å². The summed E-state index contributed by atoms with van der Waals surface area (Å²) in [5.41, 5.74) is 5.50. The van der Waals surface area contributed by atoms with Crippen molar-refractivity contribution in [2.45, 2.75) is 39.7 Å². The monoisotopic (exact) mass is 257 g/mol. The van der Waals surface area contributed by atoms with E-state index in [1.807, 2.05) is 0 Å². The van der Waals surface area contributed by atoms with Gasteiger partial charge >= 0.3 is 5.97 Å². The van der Waals surface area contributed by atoms with E-state index in [0.29, 0.717) is 6.61 Å². The molecule has 2 aromatic rings. The number of esters is 1. The van der Waals surface area contributed by atoms with E-state index >= 15 is 0 Å². The molecule has 0 bridgehead atoms. The number of aryl methyl sites for hydroxylation is 2. The van der Waals surface area contributed by atoms with Crippen LogP contribution in [0.1, 0.15) is 30.2 Å². The SMILES string of the molecule is CC(=O)OCCc1c(C)n2c3c(cccc13)CCC2. The fourth-order valence-corrected chi connectivity index (χ4v) is 3.20. The lowest BCUT2D eigenvalue weighted by molar-refractivity contribution is -0.140. The highest BCUT2D eigenvalue weighted by molar-refractivity contribution is 5.88. The number of para-hydroxylation sites is 1. The van der Waals surface area contributed by atoms with Crippen molar-refractivity contribution in [1.29, 1.82) is 0 Å². The molecule has 0 N–H and O–H groups in total. The molecule has 1 aromatic carbocycles. The van der Waals surface area contributed by atoms with Gasteiger partial charge in [-0.2, -0.15) is 0 Å². The second-order valence-corrected chi connectivity index (χ2v) is 5.22. The summed E-state index contributed by atoms with van der Waals surface area (Å²) >= 11 is 0. The van der Waals surface area contributed by atoms with Crippen molar-refractivity contribution in [3.63, 3.8) is 0 Å². The minimum Gasteiger partial charge on any atom is -0.466 e. The van der Waals surface area contributed by atoms with Crippen LogP contribution in [0.3, 0.4) is 0 Å². The Kier molecular flexibility index (Phi) is 3.05. The smallest absolute Gasteiger partial charge is 0.302 e. The maximum absolute atomic E-state index is 10.9. The molecule has 2 heterocycles. The van der Waals surface area contributed by atoms with E-state index in [-0.39, 0.29) is 5.97 Å². The normalized spacial score (nSPS) is 13.8. The average Bonchev–Trinajstić information content (AvgIpc) is 2.67. The molecular weight excluding hydrogens is 238 g/mol. The zero-order valence-electron chi connectivity index (χ0n) is 11.5. The first-order valence-corrected chi connectivity index (χ1v) is 6.91. The standard InChI is InChI=1S/C16H19NO2/c1-11-14(8-10-19-12(2)18)15-7-3-5-13-6-4-9-17(11)16(13)15/h3,5,7H,4,6,8-10H2,1-2H3. The number of carbonyl (C=O) groups is 1. The van der Waals surface area contributed by atoms with Gasteiger partial charge in [-0.1, -0.05) is 18.2 Å². The first-order chi connectivity index (χ1) is 9.18. The second-order valence-electron chi connectivity index (χ2n) is 5.22. The summed E-state index contributed by atoms with van der Waals surface area (Å²) in [6, 6.07) is 6.56. The number of nitrogens with zero attached hydrogens (tertiary/aromatic N) is 1. The quantitative estimate of drug-likeness (QED) is 0.791. The number of rotatable bonds is 3. The lowest BCUT2D eigenvalue weighted by atomic mass is 10.0. The second kappa shape index (κ2) is 4.72. The van der Waals surface area contributed by atoms with Gasteiger partial charge in [0.25, 0.3) is 0 Å². The molecule has 0 spiro atoms. The zero-order chi connectivity index (χ0) is 13.4. The maximum Gasteiger partial charge on any atom is 0.302 e. The minimum atomic E-state index is -0.202. The molecule has 3 rings (SSSR count). The largest absolute Gasteiger partial charge is 0.466 e. The zero-order valence-corrected chi connectivity index (χ0v) is 11.5. The third kappa shape index (κ3) is 2.03. The van der Waals surface area contributed by atoms with Gasteiger partial charge in [0.15, 0.2) is 0 Å². The Balaban J connectivity index is 2.03. The van der Waals surface area contributed by atoms with Gasteiger partial charge in [-0.25, -0.2) is 0 Å². The van der Waals surface area contributed by atoms with Crippen LogP contribution in [-0.4, -0.2) is 17.1 Å². The van der Waals surface area contributed by atoms with E-state index < -0.39 is 0 Å². The molecule has 3 nitrogen and oxygen atoms in total. The van der Waals surface area contributed by atoms with Crippen molar-refractivity contribution in [1.82, 2.24) is 4.57 Å². The van der Waals surface area contributed by atoms with E-state index in [4.69, 9.17) is 4.74 Å². The highest BCUT2D eigenvalue weighted by Gasteiger charge is 2.19. The number of ether oxygens (including phenoxy) is 1. The van der Waals surface area contributed by atoms with Crippen molar-refractivity contribution in [2.24, 2.45) is 0 Å². The minimum absolute atomic E-state index is 0.202. The Morgan fingerprint density at radius 2 is 2.26 bits per heavy atom. The van der Waals surface area contributed by atoms with E-state index in [1.165, 1.54) is 47.5 Å². The highest BCUT2D eigenvalue weighted by Crippen LogP contribution is 2.32. The van der Waals surface area contributed by atoms with Crippen LogP contribution < -0.4 is 0 Å². The number of carbonyl (C=O) groups excluding carboxylic acids is 1. The van der Waals surface area contributed by atoms with Crippen LogP contribution in [0.15, 0.2) is 18.2 Å². The van der Waals surface area contributed by atoms with Crippen molar-refractivity contribution in [2.75, 3.05) is 6.61 Å². The lowest BCUT2D eigenvalue weighted by Crippen LogP contribution is -2.09. The molecular formula is C16H19NO2. The van der Waals surface area contributed by atoms with Gasteiger partial charge in [0.2, 0.25) is 0 Å². The van der Waals surface area contributed by atoms with E-state index in [9.17, 15) is 4.79 Å². The molecule has 0 fully saturated rings. The van der Waals surface area contributed by atoms with Gasteiger partial charge in [0, 0.05) is 31.0 Å². The average molecular weight is 257 g/mol. The molecule has 0 amide bonds. The van der Waals surface area contributed by atoms with Crippen molar-refractivity contribution < 1.29 is 9.53 Å². The topological polar surface area (TPSA) is 31.2 Å². The molecule has 0 unspecified atom stereocenters. The molecule has 1 aromatic heterocycles. The molecule has 3 heteroatoms. The molecule has 100 valence electrons. The Hall–Kier alpha value is -1.77. The summed E-state index contributed by atoms with van der Waals surface area (Å²) in [6.45, 7) is 5.22. The molecule has 0 atom stereocenters. The van der Waals surface area contributed by atoms with Gasteiger partial charge < -0.3 is 9.30 Å². The lowest BCUT2D eigenvalue weighted by Gasteiger charge is -2.16. The third-order valence-electron chi connectivity index (χ3n) is 4.04. The van der Waals surface area contributed by atoms with Gasteiger partial charge in [-0.05, 0) is 30.9 Å². The Morgan fingerprint density at radius 1 is 1.42 bits per heavy atom.